The van der Waals surface area contributed by atoms with Gasteiger partial charge in [0.25, 0.3) is 0 Å². The Morgan fingerprint density at radius 2 is 1.73 bits per heavy atom. The molecule has 0 aliphatic heterocycles. The fraction of sp³-hybridized carbons (Fsp3) is 0.577. The van der Waals surface area contributed by atoms with E-state index in [1.165, 1.54) is 24.1 Å². The predicted molar refractivity (Wildman–Crippen MR) is 135 cm³/mol. The molecule has 7 heteroatoms. The first kappa shape index (κ1) is 23.3. The van der Waals surface area contributed by atoms with Crippen LogP contribution in [0.3, 0.4) is 0 Å². The number of hydrogen-bond donors (Lipinski definition) is 3. The van der Waals surface area contributed by atoms with Crippen LogP contribution >= 0.6 is 0 Å². The summed E-state index contributed by atoms with van der Waals surface area (Å²) in [6.45, 7) is 4.75. The molecule has 1 fully saturated rings. The van der Waals surface area contributed by atoms with Gasteiger partial charge in [0, 0.05) is 37.9 Å². The molecule has 2 aromatic rings. The number of amides is 2. The molecule has 4 rings (SSSR count). The van der Waals surface area contributed by atoms with Gasteiger partial charge in [-0.15, -0.1) is 0 Å². The molecular formula is C26H38N6O. The van der Waals surface area contributed by atoms with Crippen molar-refractivity contribution < 1.29 is 4.79 Å². The molecule has 1 aromatic carbocycles. The average Bonchev–Trinajstić information content (AvgIpc) is 2.80. The van der Waals surface area contributed by atoms with Crippen LogP contribution in [-0.4, -0.2) is 42.7 Å². The highest BCUT2D eigenvalue weighted by Gasteiger charge is 2.24. The quantitative estimate of drug-likeness (QED) is 0.587. The highest BCUT2D eigenvalue weighted by molar-refractivity contribution is 5.90. The second-order valence-electron chi connectivity index (χ2n) is 9.86. The van der Waals surface area contributed by atoms with E-state index in [4.69, 9.17) is 9.97 Å². The fourth-order valence-electron chi connectivity index (χ4n) is 5.11. The molecule has 0 atom stereocenters. The minimum absolute atomic E-state index is 0.119. The van der Waals surface area contributed by atoms with Gasteiger partial charge in [-0.3, -0.25) is 0 Å². The van der Waals surface area contributed by atoms with Crippen LogP contribution in [0.2, 0.25) is 0 Å². The van der Waals surface area contributed by atoms with Gasteiger partial charge in [0.05, 0.1) is 5.69 Å². The van der Waals surface area contributed by atoms with Gasteiger partial charge >= 0.3 is 6.03 Å². The summed E-state index contributed by atoms with van der Waals surface area (Å²) < 4.78 is 0. The predicted octanol–water partition coefficient (Wildman–Crippen LogP) is 4.83. The summed E-state index contributed by atoms with van der Waals surface area (Å²) in [6.07, 6.45) is 8.90. The highest BCUT2D eigenvalue weighted by Crippen LogP contribution is 2.30. The van der Waals surface area contributed by atoms with Crippen LogP contribution in [0.15, 0.2) is 18.2 Å². The van der Waals surface area contributed by atoms with Crippen LogP contribution in [0, 0.1) is 19.8 Å². The van der Waals surface area contributed by atoms with Crippen molar-refractivity contribution in [1.29, 1.82) is 0 Å². The summed E-state index contributed by atoms with van der Waals surface area (Å²) >= 11 is 0. The summed E-state index contributed by atoms with van der Waals surface area (Å²) in [5.41, 5.74) is 5.61. The van der Waals surface area contributed by atoms with E-state index in [-0.39, 0.29) is 6.03 Å². The van der Waals surface area contributed by atoms with E-state index < -0.39 is 0 Å². The molecule has 0 saturated heterocycles. The zero-order valence-electron chi connectivity index (χ0n) is 20.5. The van der Waals surface area contributed by atoms with Gasteiger partial charge in [-0.1, -0.05) is 18.2 Å². The molecule has 0 spiro atoms. The molecule has 2 amide bonds. The Labute approximate surface area is 197 Å². The lowest BCUT2D eigenvalue weighted by molar-refractivity contribution is 0.246. The Hall–Kier alpha value is -2.83. The second kappa shape index (κ2) is 10.4. The molecule has 7 nitrogen and oxygen atoms in total. The Kier molecular flexibility index (Phi) is 7.36. The van der Waals surface area contributed by atoms with Gasteiger partial charge in [-0.2, -0.15) is 4.98 Å². The topological polar surface area (TPSA) is 82.2 Å². The summed E-state index contributed by atoms with van der Waals surface area (Å²) in [5.74, 6) is 2.34. The van der Waals surface area contributed by atoms with E-state index in [1.807, 2.05) is 32.0 Å². The molecule has 33 heavy (non-hydrogen) atoms. The van der Waals surface area contributed by atoms with Crippen molar-refractivity contribution in [3.05, 3.63) is 40.6 Å². The Morgan fingerprint density at radius 3 is 2.42 bits per heavy atom. The Morgan fingerprint density at radius 1 is 1.03 bits per heavy atom. The number of benzene rings is 1. The highest BCUT2D eigenvalue weighted by atomic mass is 16.2. The lowest BCUT2D eigenvalue weighted by Crippen LogP contribution is -2.36. The molecule has 0 radical (unpaired) electrons. The number of carbonyl (C=O) groups excluding carboxylic acids is 1. The first-order chi connectivity index (χ1) is 15.9. The van der Waals surface area contributed by atoms with E-state index >= 15 is 0 Å². The molecule has 178 valence electrons. The zero-order chi connectivity index (χ0) is 23.4. The molecular weight excluding hydrogens is 412 g/mol. The average molecular weight is 451 g/mol. The minimum Gasteiger partial charge on any atom is -0.362 e. The van der Waals surface area contributed by atoms with Crippen molar-refractivity contribution in [2.45, 2.75) is 71.3 Å². The molecule has 2 aliphatic carbocycles. The van der Waals surface area contributed by atoms with Gasteiger partial charge in [-0.25, -0.2) is 9.78 Å². The number of carbonyl (C=O) groups is 1. The molecule has 0 bridgehead atoms. The first-order valence-corrected chi connectivity index (χ1v) is 12.4. The third-order valence-corrected chi connectivity index (χ3v) is 7.04. The normalized spacial score (nSPS) is 20.0. The Balaban J connectivity index is 1.26. The van der Waals surface area contributed by atoms with E-state index in [9.17, 15) is 4.79 Å². The number of nitrogens with one attached hydrogen (secondary N) is 3. The summed E-state index contributed by atoms with van der Waals surface area (Å²) in [5, 5.41) is 9.70. The molecule has 2 aliphatic rings. The van der Waals surface area contributed by atoms with Crippen molar-refractivity contribution >= 4 is 23.5 Å². The number of nitrogens with zero attached hydrogens (tertiary/aromatic N) is 3. The molecule has 1 heterocycles. The second-order valence-corrected chi connectivity index (χ2v) is 9.86. The van der Waals surface area contributed by atoms with Crippen molar-refractivity contribution in [3.63, 3.8) is 0 Å². The number of aryl methyl sites for hydroxylation is 3. The summed E-state index contributed by atoms with van der Waals surface area (Å²) in [7, 11) is 4.13. The lowest BCUT2D eigenvalue weighted by Gasteiger charge is -2.30. The number of hydrogen-bond acceptors (Lipinski definition) is 5. The van der Waals surface area contributed by atoms with Gasteiger partial charge in [0.15, 0.2) is 0 Å². The standard InChI is InChI=1S/C26H38N6O/c1-17-8-7-9-18(2)23(17)30-26(33)27-16-19-12-14-20(15-13-19)28-25-29-22-11-6-5-10-21(22)24(31-25)32(3)4/h7-9,19-20H,5-6,10-16H2,1-4H3,(H2,27,30,33)(H,28,29,31). The fourth-order valence-corrected chi connectivity index (χ4v) is 5.11. The number of urea groups is 1. The number of para-hydroxylation sites is 1. The van der Waals surface area contributed by atoms with E-state index in [2.05, 4.69) is 34.9 Å². The third-order valence-electron chi connectivity index (χ3n) is 7.04. The number of anilines is 3. The van der Waals surface area contributed by atoms with Crippen molar-refractivity contribution in [2.24, 2.45) is 5.92 Å². The minimum atomic E-state index is -0.119. The van der Waals surface area contributed by atoms with Crippen molar-refractivity contribution in [2.75, 3.05) is 36.2 Å². The zero-order valence-corrected chi connectivity index (χ0v) is 20.5. The van der Waals surface area contributed by atoms with Crippen LogP contribution in [0.5, 0.6) is 0 Å². The van der Waals surface area contributed by atoms with Crippen LogP contribution in [0.25, 0.3) is 0 Å². The van der Waals surface area contributed by atoms with Crippen LogP contribution < -0.4 is 20.9 Å². The van der Waals surface area contributed by atoms with Crippen LogP contribution in [0.4, 0.5) is 22.2 Å². The Bertz CT molecular complexity index is 961. The van der Waals surface area contributed by atoms with Crippen LogP contribution in [-0.2, 0) is 12.8 Å². The first-order valence-electron chi connectivity index (χ1n) is 12.4. The summed E-state index contributed by atoms with van der Waals surface area (Å²) in [6, 6.07) is 6.32. The number of aromatic nitrogens is 2. The largest absolute Gasteiger partial charge is 0.362 e. The lowest BCUT2D eigenvalue weighted by atomic mass is 9.86. The van der Waals surface area contributed by atoms with E-state index in [0.29, 0.717) is 18.5 Å². The van der Waals surface area contributed by atoms with Crippen molar-refractivity contribution in [1.82, 2.24) is 15.3 Å². The number of rotatable bonds is 6. The maximum Gasteiger partial charge on any atom is 0.319 e. The molecule has 1 aromatic heterocycles. The molecule has 0 unspecified atom stereocenters. The van der Waals surface area contributed by atoms with Crippen molar-refractivity contribution in [3.8, 4) is 0 Å². The molecule has 3 N–H and O–H groups in total. The maximum absolute atomic E-state index is 12.4. The summed E-state index contributed by atoms with van der Waals surface area (Å²) in [4.78, 5) is 24.2. The van der Waals surface area contributed by atoms with Gasteiger partial charge in [0.1, 0.15) is 5.82 Å². The molecule has 1 saturated carbocycles. The van der Waals surface area contributed by atoms with Gasteiger partial charge < -0.3 is 20.9 Å². The monoisotopic (exact) mass is 450 g/mol. The van der Waals surface area contributed by atoms with Gasteiger partial charge in [0.2, 0.25) is 5.95 Å². The van der Waals surface area contributed by atoms with E-state index in [0.717, 1.165) is 67.1 Å². The number of fused-ring (bicyclic) bond motifs is 1. The van der Waals surface area contributed by atoms with Gasteiger partial charge in [-0.05, 0) is 82.3 Å². The van der Waals surface area contributed by atoms with Crippen LogP contribution in [0.1, 0.15) is 60.9 Å². The smallest absolute Gasteiger partial charge is 0.319 e. The maximum atomic E-state index is 12.4. The third kappa shape index (κ3) is 5.75. The van der Waals surface area contributed by atoms with E-state index in [1.54, 1.807) is 0 Å². The SMILES string of the molecule is Cc1cccc(C)c1NC(=O)NCC1CCC(Nc2nc3c(c(N(C)C)n2)CCCC3)CC1.